The van der Waals surface area contributed by atoms with E-state index in [1.807, 2.05) is 0 Å². The van der Waals surface area contributed by atoms with E-state index < -0.39 is 15.9 Å². The molecule has 0 fully saturated rings. The van der Waals surface area contributed by atoms with E-state index in [9.17, 15) is 18.0 Å². The monoisotopic (exact) mass is 449 g/mol. The quantitative estimate of drug-likeness (QED) is 0.644. The summed E-state index contributed by atoms with van der Waals surface area (Å²) in [5.74, 6) is -0.414. The third-order valence-electron chi connectivity index (χ3n) is 5.45. The summed E-state index contributed by atoms with van der Waals surface area (Å²) in [4.78, 5) is 24.3. The van der Waals surface area contributed by atoms with Crippen molar-refractivity contribution in [3.8, 4) is 0 Å². The van der Waals surface area contributed by atoms with Gasteiger partial charge in [-0.05, 0) is 60.4 Å². The molecule has 1 atom stereocenters. The van der Waals surface area contributed by atoms with Gasteiger partial charge in [0, 0.05) is 17.5 Å². The van der Waals surface area contributed by atoms with Crippen LogP contribution in [0.5, 0.6) is 0 Å². The lowest BCUT2D eigenvalue weighted by molar-refractivity contribution is -0.114. The number of nitrogens with two attached hydrogens (primary N) is 1. The lowest BCUT2D eigenvalue weighted by Gasteiger charge is -2.33. The largest absolute Gasteiger partial charge is 0.365 e. The smallest absolute Gasteiger partial charge is 0.262 e. The number of sulfonamides is 1. The van der Waals surface area contributed by atoms with Crippen molar-refractivity contribution in [1.29, 1.82) is 0 Å². The van der Waals surface area contributed by atoms with E-state index in [-0.39, 0.29) is 26.8 Å². The van der Waals surface area contributed by atoms with E-state index in [0.29, 0.717) is 18.0 Å². The first kappa shape index (κ1) is 22.3. The Labute approximate surface area is 181 Å². The highest BCUT2D eigenvalue weighted by Crippen LogP contribution is 2.44. The maximum absolute atomic E-state index is 12.9. The molecule has 0 spiro atoms. The Morgan fingerprint density at radius 3 is 2.33 bits per heavy atom. The number of anilines is 2. The van der Waals surface area contributed by atoms with Crippen LogP contribution in [0.25, 0.3) is 0 Å². The molecule has 0 aliphatic heterocycles. The molecule has 0 radical (unpaired) electrons. The highest BCUT2D eigenvalue weighted by atomic mass is 32.2. The molecule has 2 amide bonds. The van der Waals surface area contributed by atoms with Gasteiger partial charge in [0.25, 0.3) is 15.9 Å². The summed E-state index contributed by atoms with van der Waals surface area (Å²) in [6.07, 6.45) is 2.44. The van der Waals surface area contributed by atoms with Crippen LogP contribution in [0.3, 0.4) is 0 Å². The zero-order chi connectivity index (χ0) is 22.3. The Bertz CT molecular complexity index is 1080. The summed E-state index contributed by atoms with van der Waals surface area (Å²) in [5.41, 5.74) is 7.39. The molecular weight excluding hydrogens is 422 g/mol. The molecule has 7 nitrogen and oxygen atoms in total. The highest BCUT2D eigenvalue weighted by Gasteiger charge is 2.34. The SMILES string of the molecule is CC(=O)Nc1ccc(S(=O)(=O)Nc2sc3c(c2C(N)=O)CCC(C(C)(C)C)C3)cc1. The molecule has 1 aliphatic rings. The third-order valence-corrected chi connectivity index (χ3v) is 8.11. The van der Waals surface area contributed by atoms with Gasteiger partial charge in [0.15, 0.2) is 0 Å². The van der Waals surface area contributed by atoms with Gasteiger partial charge in [-0.25, -0.2) is 8.42 Å². The predicted molar refractivity (Wildman–Crippen MR) is 119 cm³/mol. The number of thiophene rings is 1. The van der Waals surface area contributed by atoms with Gasteiger partial charge >= 0.3 is 0 Å². The molecular formula is C21H27N3O4S2. The van der Waals surface area contributed by atoms with E-state index in [4.69, 9.17) is 5.73 Å². The lowest BCUT2D eigenvalue weighted by atomic mass is 9.72. The van der Waals surface area contributed by atoms with E-state index in [2.05, 4.69) is 30.8 Å². The second-order valence-electron chi connectivity index (χ2n) is 8.69. The minimum absolute atomic E-state index is 0.0333. The van der Waals surface area contributed by atoms with Gasteiger partial charge in [0.05, 0.1) is 10.5 Å². The Hall–Kier alpha value is -2.39. The van der Waals surface area contributed by atoms with E-state index in [1.54, 1.807) is 0 Å². The molecule has 2 aromatic rings. The third kappa shape index (κ3) is 4.67. The van der Waals surface area contributed by atoms with Crippen molar-refractivity contribution in [2.24, 2.45) is 17.1 Å². The van der Waals surface area contributed by atoms with Crippen LogP contribution in [-0.2, 0) is 27.7 Å². The summed E-state index contributed by atoms with van der Waals surface area (Å²) in [6, 6.07) is 5.83. The first-order valence-electron chi connectivity index (χ1n) is 9.73. The normalized spacial score (nSPS) is 16.6. The van der Waals surface area contributed by atoms with Crippen molar-refractivity contribution >= 4 is 43.9 Å². The van der Waals surface area contributed by atoms with E-state index >= 15 is 0 Å². The van der Waals surface area contributed by atoms with E-state index in [1.165, 1.54) is 42.5 Å². The number of fused-ring (bicyclic) bond motifs is 1. The number of hydrogen-bond acceptors (Lipinski definition) is 5. The zero-order valence-electron chi connectivity index (χ0n) is 17.5. The molecule has 1 unspecified atom stereocenters. The van der Waals surface area contributed by atoms with Crippen LogP contribution in [-0.4, -0.2) is 20.2 Å². The second-order valence-corrected chi connectivity index (χ2v) is 11.5. The molecule has 30 heavy (non-hydrogen) atoms. The van der Waals surface area contributed by atoms with Gasteiger partial charge in [0.2, 0.25) is 5.91 Å². The molecule has 4 N–H and O–H groups in total. The number of benzene rings is 1. The Morgan fingerprint density at radius 1 is 1.17 bits per heavy atom. The number of amides is 2. The molecule has 1 heterocycles. The van der Waals surface area contributed by atoms with Gasteiger partial charge in [-0.3, -0.25) is 14.3 Å². The van der Waals surface area contributed by atoms with Crippen molar-refractivity contribution in [1.82, 2.24) is 0 Å². The van der Waals surface area contributed by atoms with Crippen LogP contribution in [0.1, 0.15) is 54.9 Å². The lowest BCUT2D eigenvalue weighted by Crippen LogP contribution is -2.27. The first-order chi connectivity index (χ1) is 13.9. The van der Waals surface area contributed by atoms with Gasteiger partial charge in [-0.1, -0.05) is 20.8 Å². The van der Waals surface area contributed by atoms with Gasteiger partial charge in [0.1, 0.15) is 5.00 Å². The summed E-state index contributed by atoms with van der Waals surface area (Å²) < 4.78 is 28.4. The summed E-state index contributed by atoms with van der Waals surface area (Å²) in [7, 11) is -3.92. The maximum Gasteiger partial charge on any atom is 0.262 e. The van der Waals surface area contributed by atoms with Crippen LogP contribution in [0.2, 0.25) is 0 Å². The molecule has 9 heteroatoms. The van der Waals surface area contributed by atoms with Crippen LogP contribution < -0.4 is 15.8 Å². The molecule has 0 saturated heterocycles. The Kier molecular flexibility index (Phi) is 5.97. The fourth-order valence-electron chi connectivity index (χ4n) is 3.76. The number of hydrogen-bond donors (Lipinski definition) is 3. The topological polar surface area (TPSA) is 118 Å². The average molecular weight is 450 g/mol. The average Bonchev–Trinajstić information content (AvgIpc) is 2.97. The number of carbonyl (C=O) groups excluding carboxylic acids is 2. The van der Waals surface area contributed by atoms with Crippen molar-refractivity contribution in [2.75, 3.05) is 10.0 Å². The molecule has 1 aromatic heterocycles. The highest BCUT2D eigenvalue weighted by molar-refractivity contribution is 7.93. The van der Waals surface area contributed by atoms with Crippen molar-refractivity contribution in [2.45, 2.75) is 51.9 Å². The van der Waals surface area contributed by atoms with E-state index in [0.717, 1.165) is 23.3 Å². The zero-order valence-corrected chi connectivity index (χ0v) is 19.2. The molecule has 1 aromatic carbocycles. The minimum atomic E-state index is -3.92. The standard InChI is InChI=1S/C21H27N3O4S2/c1-12(25)23-14-6-8-15(9-7-14)30(27,28)24-20-18(19(22)26)16-10-5-13(21(2,3)4)11-17(16)29-20/h6-9,13,24H,5,10-11H2,1-4H3,(H2,22,26)(H,23,25). The summed E-state index contributed by atoms with van der Waals surface area (Å²) >= 11 is 1.30. The van der Waals surface area contributed by atoms with Crippen LogP contribution in [0.4, 0.5) is 10.7 Å². The molecule has 0 saturated carbocycles. The summed E-state index contributed by atoms with van der Waals surface area (Å²) in [5, 5.41) is 2.86. The fourth-order valence-corrected chi connectivity index (χ4v) is 6.40. The number of carbonyl (C=O) groups is 2. The number of nitrogens with one attached hydrogen (secondary N) is 2. The Morgan fingerprint density at radius 2 is 1.80 bits per heavy atom. The van der Waals surface area contributed by atoms with Crippen LogP contribution in [0.15, 0.2) is 29.2 Å². The van der Waals surface area contributed by atoms with Gasteiger partial charge < -0.3 is 11.1 Å². The number of rotatable bonds is 5. The molecule has 0 bridgehead atoms. The van der Waals surface area contributed by atoms with Crippen molar-refractivity contribution in [3.05, 3.63) is 40.3 Å². The summed E-state index contributed by atoms with van der Waals surface area (Å²) in [6.45, 7) is 7.96. The first-order valence-corrected chi connectivity index (χ1v) is 12.0. The Balaban J connectivity index is 1.91. The van der Waals surface area contributed by atoms with Crippen molar-refractivity contribution in [3.63, 3.8) is 0 Å². The van der Waals surface area contributed by atoms with Crippen LogP contribution >= 0.6 is 11.3 Å². The fraction of sp³-hybridized carbons (Fsp3) is 0.429. The van der Waals surface area contributed by atoms with Gasteiger partial charge in [-0.15, -0.1) is 11.3 Å². The maximum atomic E-state index is 12.9. The number of primary amides is 1. The molecule has 162 valence electrons. The van der Waals surface area contributed by atoms with Crippen LogP contribution in [0, 0.1) is 11.3 Å². The minimum Gasteiger partial charge on any atom is -0.365 e. The molecule has 1 aliphatic carbocycles. The molecule has 3 rings (SSSR count). The predicted octanol–water partition coefficient (Wildman–Crippen LogP) is 3.76. The second kappa shape index (κ2) is 8.03. The van der Waals surface area contributed by atoms with Gasteiger partial charge in [-0.2, -0.15) is 0 Å². The van der Waals surface area contributed by atoms with Crippen molar-refractivity contribution < 1.29 is 18.0 Å².